The maximum atomic E-state index is 11.3. The molecule has 0 saturated carbocycles. The Labute approximate surface area is 98.7 Å². The number of carbonyl (C=O) groups is 1. The summed E-state index contributed by atoms with van der Waals surface area (Å²) in [5, 5.41) is 0.636. The van der Waals surface area contributed by atoms with Crippen LogP contribution in [-0.4, -0.2) is 5.91 Å². The van der Waals surface area contributed by atoms with E-state index < -0.39 is 5.91 Å². The largest absolute Gasteiger partial charge is 0.366 e. The van der Waals surface area contributed by atoms with Crippen molar-refractivity contribution in [2.45, 2.75) is 0 Å². The van der Waals surface area contributed by atoms with Gasteiger partial charge in [0, 0.05) is 10.6 Å². The van der Waals surface area contributed by atoms with Crippen LogP contribution in [-0.2, 0) is 0 Å². The topological polar surface area (TPSA) is 43.1 Å². The van der Waals surface area contributed by atoms with Gasteiger partial charge in [-0.15, -0.1) is 0 Å². The fourth-order valence-electron chi connectivity index (χ4n) is 1.61. The molecule has 80 valence electrons. The molecule has 0 aliphatic heterocycles. The fourth-order valence-corrected chi connectivity index (χ4v) is 1.80. The zero-order valence-corrected chi connectivity index (χ0v) is 9.24. The number of primary amides is 1. The molecule has 2 nitrogen and oxygen atoms in total. The molecule has 0 unspecified atom stereocenters. The van der Waals surface area contributed by atoms with E-state index in [1.807, 2.05) is 30.3 Å². The molecule has 2 aromatic carbocycles. The Morgan fingerprint density at radius 2 is 1.81 bits per heavy atom. The molecule has 0 heterocycles. The third kappa shape index (κ3) is 2.07. The Morgan fingerprint density at radius 1 is 1.06 bits per heavy atom. The van der Waals surface area contributed by atoms with E-state index in [9.17, 15) is 4.79 Å². The highest BCUT2D eigenvalue weighted by Crippen LogP contribution is 2.25. The van der Waals surface area contributed by atoms with E-state index in [0.29, 0.717) is 10.6 Å². The zero-order valence-electron chi connectivity index (χ0n) is 8.48. The van der Waals surface area contributed by atoms with Crippen molar-refractivity contribution in [3.05, 3.63) is 59.1 Å². The van der Waals surface area contributed by atoms with Gasteiger partial charge in [0.05, 0.1) is 0 Å². The smallest absolute Gasteiger partial charge is 0.249 e. The molecule has 3 heteroatoms. The quantitative estimate of drug-likeness (QED) is 0.848. The van der Waals surface area contributed by atoms with Crippen LogP contribution in [0.15, 0.2) is 48.5 Å². The highest BCUT2D eigenvalue weighted by atomic mass is 35.5. The van der Waals surface area contributed by atoms with Crippen molar-refractivity contribution in [2.75, 3.05) is 0 Å². The van der Waals surface area contributed by atoms with E-state index in [4.69, 9.17) is 17.3 Å². The minimum absolute atomic E-state index is 0.435. The van der Waals surface area contributed by atoms with Crippen LogP contribution < -0.4 is 5.73 Å². The molecule has 2 rings (SSSR count). The van der Waals surface area contributed by atoms with Gasteiger partial charge in [-0.1, -0.05) is 41.9 Å². The summed E-state index contributed by atoms with van der Waals surface area (Å²) < 4.78 is 0. The maximum absolute atomic E-state index is 11.3. The molecule has 1 amide bonds. The molecule has 0 spiro atoms. The third-order valence-electron chi connectivity index (χ3n) is 2.33. The Morgan fingerprint density at radius 3 is 2.50 bits per heavy atom. The average Bonchev–Trinajstić information content (AvgIpc) is 2.29. The van der Waals surface area contributed by atoms with Gasteiger partial charge in [-0.3, -0.25) is 4.79 Å². The van der Waals surface area contributed by atoms with Gasteiger partial charge in [0.25, 0.3) is 0 Å². The number of rotatable bonds is 2. The van der Waals surface area contributed by atoms with Gasteiger partial charge in [0.2, 0.25) is 5.91 Å². The molecule has 2 N–H and O–H groups in total. The lowest BCUT2D eigenvalue weighted by Gasteiger charge is -2.06. The van der Waals surface area contributed by atoms with Crippen molar-refractivity contribution in [3.63, 3.8) is 0 Å². The molecule has 0 aromatic heterocycles. The van der Waals surface area contributed by atoms with E-state index in [2.05, 4.69) is 0 Å². The van der Waals surface area contributed by atoms with Crippen LogP contribution in [0.3, 0.4) is 0 Å². The Hall–Kier alpha value is -1.80. The molecule has 16 heavy (non-hydrogen) atoms. The van der Waals surface area contributed by atoms with Gasteiger partial charge in [-0.25, -0.2) is 0 Å². The highest BCUT2D eigenvalue weighted by Gasteiger charge is 2.08. The van der Waals surface area contributed by atoms with Crippen molar-refractivity contribution in [1.82, 2.24) is 0 Å². The first kappa shape index (κ1) is 10.7. The average molecular weight is 232 g/mol. The van der Waals surface area contributed by atoms with Crippen molar-refractivity contribution in [2.24, 2.45) is 5.73 Å². The number of halogens is 1. The molecule has 0 bridgehead atoms. The Balaban J connectivity index is 2.60. The van der Waals surface area contributed by atoms with Crippen molar-refractivity contribution >= 4 is 17.5 Å². The number of hydrogen-bond donors (Lipinski definition) is 1. The predicted octanol–water partition coefficient (Wildman–Crippen LogP) is 3.11. The zero-order chi connectivity index (χ0) is 11.5. The van der Waals surface area contributed by atoms with E-state index in [-0.39, 0.29) is 0 Å². The lowest BCUT2D eigenvalue weighted by Crippen LogP contribution is -2.12. The van der Waals surface area contributed by atoms with Crippen molar-refractivity contribution in [1.29, 1.82) is 0 Å². The van der Waals surface area contributed by atoms with Crippen molar-refractivity contribution in [3.8, 4) is 11.1 Å². The standard InChI is InChI=1S/C13H10ClNO/c14-10-5-3-4-9(8-10)11-6-1-2-7-12(11)13(15)16/h1-8H,(H2,15,16). The summed E-state index contributed by atoms with van der Waals surface area (Å²) in [4.78, 5) is 11.3. The Kier molecular flexibility index (Phi) is 2.93. The Bertz CT molecular complexity index is 537. The molecule has 0 aliphatic rings. The first-order chi connectivity index (χ1) is 7.68. The lowest BCUT2D eigenvalue weighted by molar-refractivity contribution is 0.100. The van der Waals surface area contributed by atoms with Crippen LogP contribution in [0.4, 0.5) is 0 Å². The predicted molar refractivity (Wildman–Crippen MR) is 65.4 cm³/mol. The summed E-state index contributed by atoms with van der Waals surface area (Å²) in [6.45, 7) is 0. The maximum Gasteiger partial charge on any atom is 0.249 e. The number of nitrogens with two attached hydrogens (primary N) is 1. The van der Waals surface area contributed by atoms with E-state index >= 15 is 0 Å². The molecular formula is C13H10ClNO. The second-order valence-corrected chi connectivity index (χ2v) is 3.86. The minimum Gasteiger partial charge on any atom is -0.366 e. The van der Waals surface area contributed by atoms with Crippen LogP contribution in [0.5, 0.6) is 0 Å². The number of carbonyl (C=O) groups excluding carboxylic acids is 1. The second-order valence-electron chi connectivity index (χ2n) is 3.42. The van der Waals surface area contributed by atoms with Gasteiger partial charge < -0.3 is 5.73 Å². The minimum atomic E-state index is -0.435. The van der Waals surface area contributed by atoms with Crippen LogP contribution in [0.2, 0.25) is 5.02 Å². The van der Waals surface area contributed by atoms with Crippen LogP contribution in [0.1, 0.15) is 10.4 Å². The SMILES string of the molecule is NC(=O)c1ccccc1-c1cccc(Cl)c1. The molecule has 0 fully saturated rings. The number of benzene rings is 2. The molecule has 2 aromatic rings. The number of hydrogen-bond acceptors (Lipinski definition) is 1. The normalized spacial score (nSPS) is 10.1. The van der Waals surface area contributed by atoms with Gasteiger partial charge >= 0.3 is 0 Å². The van der Waals surface area contributed by atoms with E-state index in [0.717, 1.165) is 11.1 Å². The summed E-state index contributed by atoms with van der Waals surface area (Å²) in [5.41, 5.74) is 7.52. The summed E-state index contributed by atoms with van der Waals surface area (Å²) in [7, 11) is 0. The van der Waals surface area contributed by atoms with Crippen LogP contribution in [0, 0.1) is 0 Å². The summed E-state index contributed by atoms with van der Waals surface area (Å²) in [6.07, 6.45) is 0. The molecule has 0 radical (unpaired) electrons. The van der Waals surface area contributed by atoms with Gasteiger partial charge in [0.1, 0.15) is 0 Å². The van der Waals surface area contributed by atoms with Crippen LogP contribution in [0.25, 0.3) is 11.1 Å². The van der Waals surface area contributed by atoms with E-state index in [1.165, 1.54) is 0 Å². The third-order valence-corrected chi connectivity index (χ3v) is 2.56. The summed E-state index contributed by atoms with van der Waals surface area (Å²) in [5.74, 6) is -0.435. The fraction of sp³-hybridized carbons (Fsp3) is 0. The monoisotopic (exact) mass is 231 g/mol. The summed E-state index contributed by atoms with van der Waals surface area (Å²) >= 11 is 5.91. The first-order valence-electron chi connectivity index (χ1n) is 4.83. The molecule has 0 aliphatic carbocycles. The van der Waals surface area contributed by atoms with Gasteiger partial charge in [-0.2, -0.15) is 0 Å². The molecule has 0 saturated heterocycles. The van der Waals surface area contributed by atoms with Gasteiger partial charge in [-0.05, 0) is 29.3 Å². The summed E-state index contributed by atoms with van der Waals surface area (Å²) in [6, 6.07) is 14.5. The lowest BCUT2D eigenvalue weighted by atomic mass is 9.99. The van der Waals surface area contributed by atoms with Crippen molar-refractivity contribution < 1.29 is 4.79 Å². The first-order valence-corrected chi connectivity index (χ1v) is 5.21. The second kappa shape index (κ2) is 4.37. The molecule has 0 atom stereocenters. The number of amides is 1. The highest BCUT2D eigenvalue weighted by molar-refractivity contribution is 6.30. The van der Waals surface area contributed by atoms with Crippen LogP contribution >= 0.6 is 11.6 Å². The van der Waals surface area contributed by atoms with Gasteiger partial charge in [0.15, 0.2) is 0 Å². The molecular weight excluding hydrogens is 222 g/mol. The van der Waals surface area contributed by atoms with E-state index in [1.54, 1.807) is 18.2 Å².